The average molecular weight is 279 g/mol. The molecule has 0 amide bonds. The van der Waals surface area contributed by atoms with Gasteiger partial charge in [0.05, 0.1) is 6.21 Å². The molecule has 2 nitrogen and oxygen atoms in total. The molecule has 2 rings (SSSR count). The quantitative estimate of drug-likeness (QED) is 0.597. The lowest BCUT2D eigenvalue weighted by Gasteiger charge is -2.05. The minimum absolute atomic E-state index is 0.534. The van der Waals surface area contributed by atoms with Gasteiger partial charge in [-0.2, -0.15) is 0 Å². The SMILES string of the molecule is Cc1ccccc1-c1ccc(/C=N/OC(F)(F)F)cc1. The molecular formula is C15H12F3NO. The summed E-state index contributed by atoms with van der Waals surface area (Å²) in [4.78, 5) is 3.34. The van der Waals surface area contributed by atoms with Crippen molar-refractivity contribution >= 4 is 6.21 Å². The van der Waals surface area contributed by atoms with Gasteiger partial charge in [-0.05, 0) is 29.2 Å². The van der Waals surface area contributed by atoms with E-state index in [9.17, 15) is 13.2 Å². The van der Waals surface area contributed by atoms with Gasteiger partial charge in [0.25, 0.3) is 0 Å². The highest BCUT2D eigenvalue weighted by atomic mass is 19.4. The smallest absolute Gasteiger partial charge is 0.294 e. The molecule has 104 valence electrons. The van der Waals surface area contributed by atoms with Crippen molar-refractivity contribution in [2.75, 3.05) is 0 Å². The third-order valence-corrected chi connectivity index (χ3v) is 2.72. The summed E-state index contributed by atoms with van der Waals surface area (Å²) in [5.41, 5.74) is 3.75. The molecule has 0 atom stereocenters. The van der Waals surface area contributed by atoms with Gasteiger partial charge in [0, 0.05) is 0 Å². The number of halogens is 3. The van der Waals surface area contributed by atoms with E-state index in [4.69, 9.17) is 0 Å². The van der Waals surface area contributed by atoms with E-state index >= 15 is 0 Å². The highest BCUT2D eigenvalue weighted by Gasteiger charge is 2.30. The van der Waals surface area contributed by atoms with Crippen LogP contribution in [0.5, 0.6) is 0 Å². The van der Waals surface area contributed by atoms with Gasteiger partial charge in [0.15, 0.2) is 0 Å². The first-order valence-corrected chi connectivity index (χ1v) is 5.90. The van der Waals surface area contributed by atoms with Crippen LogP contribution in [0, 0.1) is 6.92 Å². The summed E-state index contributed by atoms with van der Waals surface area (Å²) < 4.78 is 35.3. The van der Waals surface area contributed by atoms with Crippen LogP contribution in [-0.2, 0) is 4.84 Å². The van der Waals surface area contributed by atoms with Crippen LogP contribution < -0.4 is 0 Å². The monoisotopic (exact) mass is 279 g/mol. The van der Waals surface area contributed by atoms with Crippen molar-refractivity contribution in [1.82, 2.24) is 0 Å². The van der Waals surface area contributed by atoms with E-state index < -0.39 is 6.36 Å². The Bertz CT molecular complexity index is 603. The third kappa shape index (κ3) is 3.85. The van der Waals surface area contributed by atoms with Crippen molar-refractivity contribution in [3.8, 4) is 11.1 Å². The Balaban J connectivity index is 2.13. The lowest BCUT2D eigenvalue weighted by atomic mass is 10.00. The van der Waals surface area contributed by atoms with Crippen molar-refractivity contribution < 1.29 is 18.0 Å². The molecule has 0 radical (unpaired) electrons. The predicted octanol–water partition coefficient (Wildman–Crippen LogP) is 4.53. The molecular weight excluding hydrogens is 267 g/mol. The first kappa shape index (κ1) is 14.1. The molecule has 0 bridgehead atoms. The van der Waals surface area contributed by atoms with Crippen molar-refractivity contribution in [1.29, 1.82) is 0 Å². The molecule has 0 unspecified atom stereocenters. The largest absolute Gasteiger partial charge is 0.593 e. The molecule has 0 saturated heterocycles. The Morgan fingerprint density at radius 3 is 2.25 bits per heavy atom. The second-order valence-electron chi connectivity index (χ2n) is 4.21. The fraction of sp³-hybridized carbons (Fsp3) is 0.133. The van der Waals surface area contributed by atoms with Crippen LogP contribution in [0.1, 0.15) is 11.1 Å². The zero-order valence-corrected chi connectivity index (χ0v) is 10.7. The summed E-state index contributed by atoms with van der Waals surface area (Å²) in [7, 11) is 0. The summed E-state index contributed by atoms with van der Waals surface area (Å²) in [6, 6.07) is 14.9. The molecule has 0 spiro atoms. The minimum atomic E-state index is -4.75. The second kappa shape index (κ2) is 5.77. The number of aryl methyl sites for hydroxylation is 1. The lowest BCUT2D eigenvalue weighted by Crippen LogP contribution is -2.08. The number of hydrogen-bond donors (Lipinski definition) is 0. The molecule has 0 N–H and O–H groups in total. The van der Waals surface area contributed by atoms with Crippen LogP contribution in [-0.4, -0.2) is 12.6 Å². The van der Waals surface area contributed by atoms with Gasteiger partial charge in [0.1, 0.15) is 0 Å². The summed E-state index contributed by atoms with van der Waals surface area (Å²) in [6.45, 7) is 2.00. The van der Waals surface area contributed by atoms with Gasteiger partial charge < -0.3 is 0 Å². The maximum Gasteiger partial charge on any atom is 0.593 e. The standard InChI is InChI=1S/C15H12F3NO/c1-11-4-2-3-5-14(11)13-8-6-12(7-9-13)10-19-20-15(16,17)18/h2-10H,1H3/b19-10+. The first-order chi connectivity index (χ1) is 9.46. The van der Waals surface area contributed by atoms with Crippen LogP contribution in [0.4, 0.5) is 13.2 Å². The van der Waals surface area contributed by atoms with Crippen molar-refractivity contribution in [2.45, 2.75) is 13.3 Å². The van der Waals surface area contributed by atoms with E-state index in [0.717, 1.165) is 22.9 Å². The summed E-state index contributed by atoms with van der Waals surface area (Å²) in [5.74, 6) is 0. The zero-order chi connectivity index (χ0) is 14.6. The maximum absolute atomic E-state index is 11.8. The number of benzene rings is 2. The van der Waals surface area contributed by atoms with E-state index in [2.05, 4.69) is 9.99 Å². The van der Waals surface area contributed by atoms with Crippen LogP contribution in [0.25, 0.3) is 11.1 Å². The number of oxime groups is 1. The number of nitrogens with zero attached hydrogens (tertiary/aromatic N) is 1. The Hall–Kier alpha value is -2.30. The molecule has 0 heterocycles. The van der Waals surface area contributed by atoms with E-state index in [1.165, 1.54) is 0 Å². The zero-order valence-electron chi connectivity index (χ0n) is 10.7. The van der Waals surface area contributed by atoms with E-state index in [1.807, 2.05) is 43.3 Å². The van der Waals surface area contributed by atoms with Gasteiger partial charge in [-0.15, -0.1) is 13.2 Å². The fourth-order valence-corrected chi connectivity index (χ4v) is 1.79. The Morgan fingerprint density at radius 2 is 1.65 bits per heavy atom. The van der Waals surface area contributed by atoms with Crippen LogP contribution in [0.15, 0.2) is 53.7 Å². The fourth-order valence-electron chi connectivity index (χ4n) is 1.79. The second-order valence-corrected chi connectivity index (χ2v) is 4.21. The highest BCUT2D eigenvalue weighted by molar-refractivity contribution is 5.80. The molecule has 0 aromatic heterocycles. The van der Waals surface area contributed by atoms with E-state index in [0.29, 0.717) is 5.56 Å². The van der Waals surface area contributed by atoms with Gasteiger partial charge in [-0.25, -0.2) is 0 Å². The number of alkyl halides is 3. The molecule has 0 saturated carbocycles. The summed E-state index contributed by atoms with van der Waals surface area (Å²) in [6.07, 6.45) is -3.73. The average Bonchev–Trinajstić information content (AvgIpc) is 2.39. The van der Waals surface area contributed by atoms with Crippen molar-refractivity contribution in [3.05, 3.63) is 59.7 Å². The number of rotatable bonds is 3. The molecule has 5 heteroatoms. The summed E-state index contributed by atoms with van der Waals surface area (Å²) >= 11 is 0. The molecule has 0 aliphatic carbocycles. The van der Waals surface area contributed by atoms with Gasteiger partial charge in [-0.3, -0.25) is 4.84 Å². The summed E-state index contributed by atoms with van der Waals surface area (Å²) in [5, 5.41) is 2.88. The Morgan fingerprint density at radius 1 is 1.00 bits per heavy atom. The Kier molecular flexibility index (Phi) is 4.08. The maximum atomic E-state index is 11.8. The van der Waals surface area contributed by atoms with Gasteiger partial charge >= 0.3 is 6.36 Å². The molecule has 2 aromatic carbocycles. The van der Waals surface area contributed by atoms with Crippen LogP contribution >= 0.6 is 0 Å². The highest BCUT2D eigenvalue weighted by Crippen LogP contribution is 2.23. The molecule has 2 aromatic rings. The molecule has 20 heavy (non-hydrogen) atoms. The van der Waals surface area contributed by atoms with Gasteiger partial charge in [0.2, 0.25) is 0 Å². The predicted molar refractivity (Wildman–Crippen MR) is 71.3 cm³/mol. The molecule has 0 aliphatic rings. The van der Waals surface area contributed by atoms with Crippen molar-refractivity contribution in [3.63, 3.8) is 0 Å². The van der Waals surface area contributed by atoms with E-state index in [1.54, 1.807) is 12.1 Å². The van der Waals surface area contributed by atoms with Crippen LogP contribution in [0.2, 0.25) is 0 Å². The topological polar surface area (TPSA) is 21.6 Å². The van der Waals surface area contributed by atoms with Gasteiger partial charge in [-0.1, -0.05) is 53.7 Å². The minimum Gasteiger partial charge on any atom is -0.294 e. The van der Waals surface area contributed by atoms with Crippen LogP contribution in [0.3, 0.4) is 0 Å². The lowest BCUT2D eigenvalue weighted by molar-refractivity contribution is -0.325. The van der Waals surface area contributed by atoms with E-state index in [-0.39, 0.29) is 0 Å². The third-order valence-electron chi connectivity index (χ3n) is 2.72. The Labute approximate surface area is 114 Å². The normalized spacial score (nSPS) is 11.8. The molecule has 0 fully saturated rings. The molecule has 0 aliphatic heterocycles. The van der Waals surface area contributed by atoms with Crippen molar-refractivity contribution in [2.24, 2.45) is 5.16 Å². The number of hydrogen-bond acceptors (Lipinski definition) is 2. The first-order valence-electron chi connectivity index (χ1n) is 5.90.